The zero-order valence-corrected chi connectivity index (χ0v) is 8.70. The van der Waals surface area contributed by atoms with Gasteiger partial charge in [0.1, 0.15) is 0 Å². The summed E-state index contributed by atoms with van der Waals surface area (Å²) >= 11 is 1.54. The Labute approximate surface area is 91.0 Å². The Morgan fingerprint density at radius 1 is 1.47 bits per heavy atom. The molecule has 0 aliphatic heterocycles. The molecule has 0 aliphatic carbocycles. The predicted octanol–water partition coefficient (Wildman–Crippen LogP) is 2.44. The second-order valence-electron chi connectivity index (χ2n) is 3.09. The Bertz CT molecular complexity index is 464. The lowest BCUT2D eigenvalue weighted by Crippen LogP contribution is -1.99. The lowest BCUT2D eigenvalue weighted by atomic mass is 10.1. The van der Waals surface area contributed by atoms with Crippen molar-refractivity contribution in [3.63, 3.8) is 0 Å². The normalized spacial score (nSPS) is 10.1. The fourth-order valence-corrected chi connectivity index (χ4v) is 2.31. The van der Waals surface area contributed by atoms with Crippen LogP contribution in [-0.2, 0) is 11.2 Å². The quantitative estimate of drug-likeness (QED) is 0.862. The van der Waals surface area contributed by atoms with E-state index in [9.17, 15) is 4.79 Å². The number of carboxylic acid groups (broad SMARTS) is 1. The van der Waals surface area contributed by atoms with E-state index in [2.05, 4.69) is 4.98 Å². The van der Waals surface area contributed by atoms with Crippen molar-refractivity contribution in [3.05, 3.63) is 41.5 Å². The van der Waals surface area contributed by atoms with Gasteiger partial charge in [-0.15, -0.1) is 11.3 Å². The van der Waals surface area contributed by atoms with E-state index in [1.165, 1.54) is 0 Å². The molecule has 0 unspecified atom stereocenters. The third kappa shape index (κ3) is 2.22. The molecule has 0 fully saturated rings. The molecule has 3 nitrogen and oxygen atoms in total. The molecule has 76 valence electrons. The molecule has 0 spiro atoms. The highest BCUT2D eigenvalue weighted by Gasteiger charge is 2.09. The SMILES string of the molecule is O=C(O)Cc1ccsc1-c1cccnc1. The van der Waals surface area contributed by atoms with E-state index in [-0.39, 0.29) is 6.42 Å². The molecule has 0 saturated heterocycles. The number of aliphatic carboxylic acids is 1. The van der Waals surface area contributed by atoms with Gasteiger partial charge in [0.15, 0.2) is 0 Å². The van der Waals surface area contributed by atoms with Crippen LogP contribution in [0.25, 0.3) is 10.4 Å². The first-order chi connectivity index (χ1) is 7.27. The highest BCUT2D eigenvalue weighted by atomic mass is 32.1. The molecule has 0 saturated carbocycles. The number of rotatable bonds is 3. The average molecular weight is 219 g/mol. The van der Waals surface area contributed by atoms with Gasteiger partial charge in [-0.25, -0.2) is 0 Å². The molecular weight excluding hydrogens is 210 g/mol. The van der Waals surface area contributed by atoms with Crippen LogP contribution in [0.1, 0.15) is 5.56 Å². The zero-order valence-electron chi connectivity index (χ0n) is 7.88. The van der Waals surface area contributed by atoms with Gasteiger partial charge in [0.05, 0.1) is 6.42 Å². The van der Waals surface area contributed by atoms with Crippen molar-refractivity contribution < 1.29 is 9.90 Å². The van der Waals surface area contributed by atoms with Gasteiger partial charge in [-0.3, -0.25) is 9.78 Å². The van der Waals surface area contributed by atoms with Gasteiger partial charge < -0.3 is 5.11 Å². The molecule has 15 heavy (non-hydrogen) atoms. The maximum Gasteiger partial charge on any atom is 0.307 e. The predicted molar refractivity (Wildman–Crippen MR) is 58.9 cm³/mol. The number of thiophene rings is 1. The number of hydrogen-bond acceptors (Lipinski definition) is 3. The highest BCUT2D eigenvalue weighted by Crippen LogP contribution is 2.29. The Kier molecular flexibility index (Phi) is 2.78. The van der Waals surface area contributed by atoms with E-state index < -0.39 is 5.97 Å². The van der Waals surface area contributed by atoms with Crippen molar-refractivity contribution in [3.8, 4) is 10.4 Å². The van der Waals surface area contributed by atoms with E-state index in [1.54, 1.807) is 23.7 Å². The minimum atomic E-state index is -0.807. The highest BCUT2D eigenvalue weighted by molar-refractivity contribution is 7.13. The van der Waals surface area contributed by atoms with E-state index >= 15 is 0 Å². The third-order valence-corrected chi connectivity index (χ3v) is 3.02. The fourth-order valence-electron chi connectivity index (χ4n) is 1.39. The van der Waals surface area contributed by atoms with E-state index in [0.717, 1.165) is 16.0 Å². The number of carbonyl (C=O) groups is 1. The van der Waals surface area contributed by atoms with Gasteiger partial charge in [0, 0.05) is 22.8 Å². The molecule has 2 rings (SSSR count). The first-order valence-electron chi connectivity index (χ1n) is 4.46. The monoisotopic (exact) mass is 219 g/mol. The van der Waals surface area contributed by atoms with Crippen LogP contribution in [0.2, 0.25) is 0 Å². The molecule has 0 radical (unpaired) electrons. The van der Waals surface area contributed by atoms with E-state index in [4.69, 9.17) is 5.11 Å². The second-order valence-corrected chi connectivity index (χ2v) is 4.00. The maximum absolute atomic E-state index is 10.6. The molecule has 4 heteroatoms. The van der Waals surface area contributed by atoms with Gasteiger partial charge in [0.25, 0.3) is 0 Å². The summed E-state index contributed by atoms with van der Waals surface area (Å²) in [4.78, 5) is 15.7. The van der Waals surface area contributed by atoms with Gasteiger partial charge in [-0.2, -0.15) is 0 Å². The maximum atomic E-state index is 10.6. The summed E-state index contributed by atoms with van der Waals surface area (Å²) in [6.45, 7) is 0. The Morgan fingerprint density at radius 3 is 3.00 bits per heavy atom. The summed E-state index contributed by atoms with van der Waals surface area (Å²) in [6, 6.07) is 5.63. The standard InChI is InChI=1S/C11H9NO2S/c13-10(14)6-8-3-5-15-11(8)9-2-1-4-12-7-9/h1-5,7H,6H2,(H,13,14). The van der Waals surface area contributed by atoms with Crippen LogP contribution in [0, 0.1) is 0 Å². The lowest BCUT2D eigenvalue weighted by molar-refractivity contribution is -0.136. The topological polar surface area (TPSA) is 50.2 Å². The zero-order chi connectivity index (χ0) is 10.7. The first kappa shape index (κ1) is 9.86. The van der Waals surface area contributed by atoms with Crippen LogP contribution in [-0.4, -0.2) is 16.1 Å². The van der Waals surface area contributed by atoms with E-state index in [1.807, 2.05) is 23.6 Å². The molecular formula is C11H9NO2S. The van der Waals surface area contributed by atoms with Crippen molar-refractivity contribution in [1.29, 1.82) is 0 Å². The van der Waals surface area contributed by atoms with Crippen LogP contribution in [0.4, 0.5) is 0 Å². The summed E-state index contributed by atoms with van der Waals surface area (Å²) in [5, 5.41) is 10.6. The number of hydrogen-bond donors (Lipinski definition) is 1. The summed E-state index contributed by atoms with van der Waals surface area (Å²) in [6.07, 6.45) is 3.51. The Morgan fingerprint density at radius 2 is 2.33 bits per heavy atom. The van der Waals surface area contributed by atoms with Gasteiger partial charge in [0.2, 0.25) is 0 Å². The smallest absolute Gasteiger partial charge is 0.307 e. The fraction of sp³-hybridized carbons (Fsp3) is 0.0909. The molecule has 0 atom stereocenters. The summed E-state index contributed by atoms with van der Waals surface area (Å²) < 4.78 is 0. The summed E-state index contributed by atoms with van der Waals surface area (Å²) in [7, 11) is 0. The Balaban J connectivity index is 2.37. The minimum absolute atomic E-state index is 0.0632. The molecule has 0 aromatic carbocycles. The van der Waals surface area contributed by atoms with E-state index in [0.29, 0.717) is 0 Å². The van der Waals surface area contributed by atoms with Gasteiger partial charge >= 0.3 is 5.97 Å². The summed E-state index contributed by atoms with van der Waals surface area (Å²) in [5.41, 5.74) is 1.82. The largest absolute Gasteiger partial charge is 0.481 e. The van der Waals surface area contributed by atoms with Crippen LogP contribution >= 0.6 is 11.3 Å². The van der Waals surface area contributed by atoms with Gasteiger partial charge in [-0.05, 0) is 23.1 Å². The molecule has 2 aromatic heterocycles. The molecule has 2 heterocycles. The van der Waals surface area contributed by atoms with Crippen LogP contribution in [0.5, 0.6) is 0 Å². The molecule has 0 aliphatic rings. The molecule has 0 bridgehead atoms. The van der Waals surface area contributed by atoms with Crippen LogP contribution in [0.3, 0.4) is 0 Å². The van der Waals surface area contributed by atoms with Crippen molar-refractivity contribution in [1.82, 2.24) is 4.98 Å². The third-order valence-electron chi connectivity index (χ3n) is 2.01. The van der Waals surface area contributed by atoms with Crippen LogP contribution in [0.15, 0.2) is 36.0 Å². The van der Waals surface area contributed by atoms with Gasteiger partial charge in [-0.1, -0.05) is 6.07 Å². The lowest BCUT2D eigenvalue weighted by Gasteiger charge is -2.00. The number of carboxylic acids is 1. The first-order valence-corrected chi connectivity index (χ1v) is 5.34. The molecule has 1 N–H and O–H groups in total. The van der Waals surface area contributed by atoms with Crippen molar-refractivity contribution >= 4 is 17.3 Å². The number of aromatic nitrogens is 1. The minimum Gasteiger partial charge on any atom is -0.481 e. The molecule has 2 aromatic rings. The van der Waals surface area contributed by atoms with Crippen molar-refractivity contribution in [2.75, 3.05) is 0 Å². The average Bonchev–Trinajstić information content (AvgIpc) is 2.66. The Hall–Kier alpha value is -1.68. The van der Waals surface area contributed by atoms with Crippen molar-refractivity contribution in [2.45, 2.75) is 6.42 Å². The molecule has 0 amide bonds. The second kappa shape index (κ2) is 4.23. The van der Waals surface area contributed by atoms with Crippen LogP contribution < -0.4 is 0 Å². The number of nitrogens with zero attached hydrogens (tertiary/aromatic N) is 1. The van der Waals surface area contributed by atoms with Crippen molar-refractivity contribution in [2.24, 2.45) is 0 Å². The number of pyridine rings is 1. The summed E-state index contributed by atoms with van der Waals surface area (Å²) in [5.74, 6) is -0.807.